The van der Waals surface area contributed by atoms with Gasteiger partial charge in [0, 0.05) is 11.6 Å². The second-order valence-corrected chi connectivity index (χ2v) is 4.53. The maximum atomic E-state index is 12.1. The van der Waals surface area contributed by atoms with E-state index in [0.29, 0.717) is 17.9 Å². The maximum absolute atomic E-state index is 12.1. The number of para-hydroxylation sites is 1. The van der Waals surface area contributed by atoms with Gasteiger partial charge in [-0.3, -0.25) is 0 Å². The third-order valence-corrected chi connectivity index (χ3v) is 2.94. The standard InChI is InChI=1S/C12H14F3NO2/c13-12(14,15)18-10-3-1-2-8(11(10)17)9(16)6-7-4-5-7/h1-3,7,9,17H,4-6,16H2/t9-/m1/s1. The van der Waals surface area contributed by atoms with Gasteiger partial charge in [0.05, 0.1) is 0 Å². The van der Waals surface area contributed by atoms with Crippen LogP contribution in [0.25, 0.3) is 0 Å². The molecule has 1 aromatic rings. The summed E-state index contributed by atoms with van der Waals surface area (Å²) in [5.41, 5.74) is 6.17. The molecular formula is C12H14F3NO2. The molecule has 2 rings (SSSR count). The van der Waals surface area contributed by atoms with Crippen LogP contribution in [0.2, 0.25) is 0 Å². The Morgan fingerprint density at radius 3 is 2.61 bits per heavy atom. The monoisotopic (exact) mass is 261 g/mol. The number of hydrogen-bond acceptors (Lipinski definition) is 3. The van der Waals surface area contributed by atoms with E-state index >= 15 is 0 Å². The smallest absolute Gasteiger partial charge is 0.504 e. The Kier molecular flexibility index (Phi) is 3.38. The van der Waals surface area contributed by atoms with Crippen LogP contribution in [0.4, 0.5) is 13.2 Å². The van der Waals surface area contributed by atoms with Crippen LogP contribution in [0, 0.1) is 5.92 Å². The van der Waals surface area contributed by atoms with Gasteiger partial charge in [-0.05, 0) is 18.4 Å². The minimum Gasteiger partial charge on any atom is -0.504 e. The van der Waals surface area contributed by atoms with Crippen molar-refractivity contribution in [2.45, 2.75) is 31.7 Å². The number of ether oxygens (including phenoxy) is 1. The molecule has 1 aliphatic carbocycles. The molecule has 0 aromatic heterocycles. The molecule has 3 nitrogen and oxygen atoms in total. The Morgan fingerprint density at radius 1 is 1.39 bits per heavy atom. The molecule has 1 fully saturated rings. The summed E-state index contributed by atoms with van der Waals surface area (Å²) in [5, 5.41) is 9.75. The van der Waals surface area contributed by atoms with Crippen molar-refractivity contribution in [3.8, 4) is 11.5 Å². The van der Waals surface area contributed by atoms with Crippen LogP contribution in [0.3, 0.4) is 0 Å². The van der Waals surface area contributed by atoms with Crippen molar-refractivity contribution >= 4 is 0 Å². The highest BCUT2D eigenvalue weighted by Crippen LogP contribution is 2.41. The molecule has 6 heteroatoms. The van der Waals surface area contributed by atoms with Crippen molar-refractivity contribution in [1.82, 2.24) is 0 Å². The summed E-state index contributed by atoms with van der Waals surface area (Å²) >= 11 is 0. The van der Waals surface area contributed by atoms with E-state index in [1.807, 2.05) is 0 Å². The summed E-state index contributed by atoms with van der Waals surface area (Å²) in [6.07, 6.45) is -1.97. The summed E-state index contributed by atoms with van der Waals surface area (Å²) in [6, 6.07) is 3.51. The molecular weight excluding hydrogens is 247 g/mol. The topological polar surface area (TPSA) is 55.5 Å². The summed E-state index contributed by atoms with van der Waals surface area (Å²) in [7, 11) is 0. The van der Waals surface area contributed by atoms with E-state index in [2.05, 4.69) is 4.74 Å². The van der Waals surface area contributed by atoms with Crippen LogP contribution >= 0.6 is 0 Å². The van der Waals surface area contributed by atoms with Crippen LogP contribution in [-0.4, -0.2) is 11.5 Å². The van der Waals surface area contributed by atoms with Gasteiger partial charge in [-0.15, -0.1) is 13.2 Å². The van der Waals surface area contributed by atoms with Gasteiger partial charge >= 0.3 is 6.36 Å². The molecule has 1 atom stereocenters. The van der Waals surface area contributed by atoms with E-state index in [-0.39, 0.29) is 0 Å². The molecule has 0 heterocycles. The van der Waals surface area contributed by atoms with E-state index < -0.39 is 23.9 Å². The van der Waals surface area contributed by atoms with Gasteiger partial charge in [0.15, 0.2) is 11.5 Å². The summed E-state index contributed by atoms with van der Waals surface area (Å²) in [4.78, 5) is 0. The third kappa shape index (κ3) is 3.29. The highest BCUT2D eigenvalue weighted by Gasteiger charge is 2.33. The first-order valence-corrected chi connectivity index (χ1v) is 5.70. The highest BCUT2D eigenvalue weighted by atomic mass is 19.4. The van der Waals surface area contributed by atoms with Gasteiger partial charge in [-0.25, -0.2) is 0 Å². The molecule has 1 aromatic carbocycles. The zero-order chi connectivity index (χ0) is 13.3. The molecule has 18 heavy (non-hydrogen) atoms. The Morgan fingerprint density at radius 2 is 2.06 bits per heavy atom. The lowest BCUT2D eigenvalue weighted by Gasteiger charge is -2.16. The van der Waals surface area contributed by atoms with Crippen LogP contribution in [0.5, 0.6) is 11.5 Å². The van der Waals surface area contributed by atoms with Crippen LogP contribution < -0.4 is 10.5 Å². The van der Waals surface area contributed by atoms with E-state index in [1.54, 1.807) is 0 Å². The minimum atomic E-state index is -4.82. The summed E-state index contributed by atoms with van der Waals surface area (Å²) in [5.74, 6) is -0.610. The van der Waals surface area contributed by atoms with Gasteiger partial charge in [0.1, 0.15) is 0 Å². The average molecular weight is 261 g/mol. The Bertz CT molecular complexity index is 430. The number of rotatable bonds is 4. The average Bonchev–Trinajstić information content (AvgIpc) is 3.03. The first-order chi connectivity index (χ1) is 8.37. The molecule has 0 aliphatic heterocycles. The fraction of sp³-hybridized carbons (Fsp3) is 0.500. The number of halogens is 3. The van der Waals surface area contributed by atoms with Gasteiger partial charge in [-0.1, -0.05) is 25.0 Å². The van der Waals surface area contributed by atoms with E-state index in [1.165, 1.54) is 12.1 Å². The zero-order valence-electron chi connectivity index (χ0n) is 9.57. The van der Waals surface area contributed by atoms with E-state index in [4.69, 9.17) is 5.73 Å². The summed E-state index contributed by atoms with van der Waals surface area (Å²) < 4.78 is 40.1. The number of benzene rings is 1. The van der Waals surface area contributed by atoms with Crippen molar-refractivity contribution in [2.24, 2.45) is 11.7 Å². The van der Waals surface area contributed by atoms with Crippen molar-refractivity contribution in [2.75, 3.05) is 0 Å². The number of phenols is 1. The molecule has 1 saturated carbocycles. The van der Waals surface area contributed by atoms with Gasteiger partial charge < -0.3 is 15.6 Å². The molecule has 0 unspecified atom stereocenters. The van der Waals surface area contributed by atoms with Crippen molar-refractivity contribution < 1.29 is 23.0 Å². The Balaban J connectivity index is 2.17. The lowest BCUT2D eigenvalue weighted by Crippen LogP contribution is -2.18. The number of phenolic OH excluding ortho intramolecular Hbond substituents is 1. The number of alkyl halides is 3. The quantitative estimate of drug-likeness (QED) is 0.875. The normalized spacial score (nSPS) is 17.6. The number of nitrogens with two attached hydrogens (primary N) is 1. The van der Waals surface area contributed by atoms with Gasteiger partial charge in [-0.2, -0.15) is 0 Å². The Labute approximate surface area is 102 Å². The molecule has 0 spiro atoms. The molecule has 0 bridgehead atoms. The van der Waals surface area contributed by atoms with Crippen LogP contribution in [0.1, 0.15) is 30.9 Å². The fourth-order valence-corrected chi connectivity index (χ4v) is 1.89. The van der Waals surface area contributed by atoms with E-state index in [0.717, 1.165) is 18.9 Å². The molecule has 1 aliphatic rings. The first-order valence-electron chi connectivity index (χ1n) is 5.70. The predicted octanol–water partition coefficient (Wildman–Crippen LogP) is 3.09. The highest BCUT2D eigenvalue weighted by molar-refractivity contribution is 5.47. The van der Waals surface area contributed by atoms with Crippen molar-refractivity contribution in [3.63, 3.8) is 0 Å². The van der Waals surface area contributed by atoms with Gasteiger partial charge in [0.25, 0.3) is 0 Å². The second-order valence-electron chi connectivity index (χ2n) is 4.53. The third-order valence-electron chi connectivity index (χ3n) is 2.94. The molecule has 0 amide bonds. The number of aromatic hydroxyl groups is 1. The lowest BCUT2D eigenvalue weighted by molar-refractivity contribution is -0.275. The number of hydrogen-bond donors (Lipinski definition) is 2. The first kappa shape index (κ1) is 13.0. The van der Waals surface area contributed by atoms with Crippen LogP contribution in [0.15, 0.2) is 18.2 Å². The summed E-state index contributed by atoms with van der Waals surface area (Å²) in [6.45, 7) is 0. The molecule has 100 valence electrons. The molecule has 0 saturated heterocycles. The molecule has 3 N–H and O–H groups in total. The fourth-order valence-electron chi connectivity index (χ4n) is 1.89. The van der Waals surface area contributed by atoms with Crippen LogP contribution in [-0.2, 0) is 0 Å². The minimum absolute atomic E-state index is 0.295. The predicted molar refractivity (Wildman–Crippen MR) is 59.1 cm³/mol. The van der Waals surface area contributed by atoms with Gasteiger partial charge in [0.2, 0.25) is 0 Å². The maximum Gasteiger partial charge on any atom is 0.573 e. The Hall–Kier alpha value is -1.43. The van der Waals surface area contributed by atoms with Crippen molar-refractivity contribution in [3.05, 3.63) is 23.8 Å². The second kappa shape index (κ2) is 4.68. The SMILES string of the molecule is N[C@H](CC1CC1)c1cccc(OC(F)(F)F)c1O. The van der Waals surface area contributed by atoms with Crippen molar-refractivity contribution in [1.29, 1.82) is 0 Å². The van der Waals surface area contributed by atoms with E-state index in [9.17, 15) is 18.3 Å². The zero-order valence-corrected chi connectivity index (χ0v) is 9.57. The lowest BCUT2D eigenvalue weighted by atomic mass is 10.0. The molecule has 0 radical (unpaired) electrons. The largest absolute Gasteiger partial charge is 0.573 e.